The minimum absolute atomic E-state index is 0.0220. The third-order valence-corrected chi connectivity index (χ3v) is 3.53. The van der Waals surface area contributed by atoms with Gasteiger partial charge in [-0.15, -0.1) is 0 Å². The average molecular weight is 270 g/mol. The van der Waals surface area contributed by atoms with Crippen LogP contribution in [-0.2, 0) is 11.3 Å². The Bertz CT molecular complexity index is 393. The van der Waals surface area contributed by atoms with E-state index in [0.29, 0.717) is 5.02 Å². The van der Waals surface area contributed by atoms with Crippen LogP contribution in [0.4, 0.5) is 5.69 Å². The Morgan fingerprint density at radius 2 is 2.22 bits per heavy atom. The number of likely N-dealkylation sites (N-methyl/N-ethyl adjacent to an activating group) is 1. The van der Waals surface area contributed by atoms with Crippen molar-refractivity contribution in [2.75, 3.05) is 31.7 Å². The number of rotatable bonds is 7. The van der Waals surface area contributed by atoms with Crippen LogP contribution in [0.2, 0.25) is 5.02 Å². The van der Waals surface area contributed by atoms with Crippen LogP contribution < -0.4 is 4.90 Å². The monoisotopic (exact) mass is 269 g/mol. The highest BCUT2D eigenvalue weighted by Gasteiger charge is 2.21. The highest BCUT2D eigenvalue weighted by Crippen LogP contribution is 2.29. The van der Waals surface area contributed by atoms with Crippen molar-refractivity contribution in [3.63, 3.8) is 0 Å². The van der Waals surface area contributed by atoms with E-state index in [-0.39, 0.29) is 6.61 Å². The molecule has 100 valence electrons. The van der Waals surface area contributed by atoms with Crippen LogP contribution in [0.15, 0.2) is 18.2 Å². The zero-order valence-electron chi connectivity index (χ0n) is 10.7. The summed E-state index contributed by atoms with van der Waals surface area (Å²) in [6, 6.07) is 5.63. The fraction of sp³-hybridized carbons (Fsp3) is 0.571. The SMILES string of the molecule is CN(CCOCC1CC1)c1ccc(CO)cc1Cl. The lowest BCUT2D eigenvalue weighted by molar-refractivity contribution is 0.131. The number of benzene rings is 1. The highest BCUT2D eigenvalue weighted by atomic mass is 35.5. The molecule has 1 fully saturated rings. The molecule has 0 saturated heterocycles. The topological polar surface area (TPSA) is 32.7 Å². The van der Waals surface area contributed by atoms with E-state index in [2.05, 4.69) is 4.90 Å². The Hall–Kier alpha value is -0.770. The number of nitrogens with zero attached hydrogens (tertiary/aromatic N) is 1. The van der Waals surface area contributed by atoms with E-state index >= 15 is 0 Å². The molecule has 0 aliphatic heterocycles. The van der Waals surface area contributed by atoms with Gasteiger partial charge in [-0.25, -0.2) is 0 Å². The molecule has 0 heterocycles. The summed E-state index contributed by atoms with van der Waals surface area (Å²) in [7, 11) is 2.00. The second-order valence-electron chi connectivity index (χ2n) is 4.88. The maximum Gasteiger partial charge on any atom is 0.0682 e. The molecule has 0 spiro atoms. The van der Waals surface area contributed by atoms with Crippen molar-refractivity contribution < 1.29 is 9.84 Å². The molecule has 0 amide bonds. The maximum atomic E-state index is 9.03. The van der Waals surface area contributed by atoms with Crippen molar-refractivity contribution in [3.05, 3.63) is 28.8 Å². The summed E-state index contributed by atoms with van der Waals surface area (Å²) in [4.78, 5) is 2.08. The molecule has 1 N–H and O–H groups in total. The van der Waals surface area contributed by atoms with Crippen molar-refractivity contribution in [3.8, 4) is 0 Å². The third kappa shape index (κ3) is 3.87. The van der Waals surface area contributed by atoms with Crippen LogP contribution in [0.25, 0.3) is 0 Å². The van der Waals surface area contributed by atoms with Crippen molar-refractivity contribution in [2.45, 2.75) is 19.4 Å². The first-order valence-electron chi connectivity index (χ1n) is 6.39. The van der Waals surface area contributed by atoms with Crippen LogP contribution in [0, 0.1) is 5.92 Å². The Morgan fingerprint density at radius 3 is 2.83 bits per heavy atom. The van der Waals surface area contributed by atoms with E-state index < -0.39 is 0 Å². The molecule has 3 nitrogen and oxygen atoms in total. The number of hydrogen-bond acceptors (Lipinski definition) is 3. The van der Waals surface area contributed by atoms with Crippen LogP contribution >= 0.6 is 11.6 Å². The molecule has 1 aliphatic carbocycles. The van der Waals surface area contributed by atoms with Crippen molar-refractivity contribution in [1.82, 2.24) is 0 Å². The van der Waals surface area contributed by atoms with E-state index in [9.17, 15) is 0 Å². The maximum absolute atomic E-state index is 9.03. The largest absolute Gasteiger partial charge is 0.392 e. The summed E-state index contributed by atoms with van der Waals surface area (Å²) < 4.78 is 5.61. The molecule has 1 saturated carbocycles. The number of ether oxygens (including phenoxy) is 1. The normalized spacial score (nSPS) is 14.8. The van der Waals surface area contributed by atoms with E-state index in [0.717, 1.165) is 36.9 Å². The van der Waals surface area contributed by atoms with Gasteiger partial charge in [0.15, 0.2) is 0 Å². The minimum Gasteiger partial charge on any atom is -0.392 e. The summed E-state index contributed by atoms with van der Waals surface area (Å²) in [6.45, 7) is 2.47. The molecule has 0 atom stereocenters. The Labute approximate surface area is 113 Å². The summed E-state index contributed by atoms with van der Waals surface area (Å²) in [5.41, 5.74) is 1.81. The van der Waals surface area contributed by atoms with Gasteiger partial charge in [0.2, 0.25) is 0 Å². The first-order chi connectivity index (χ1) is 8.70. The van der Waals surface area contributed by atoms with Crippen LogP contribution in [0.3, 0.4) is 0 Å². The number of anilines is 1. The van der Waals surface area contributed by atoms with Gasteiger partial charge in [-0.2, -0.15) is 0 Å². The van der Waals surface area contributed by atoms with Gasteiger partial charge in [0, 0.05) is 20.2 Å². The molecule has 1 aliphatic rings. The number of aliphatic hydroxyl groups is 1. The molecular weight excluding hydrogens is 250 g/mol. The number of aliphatic hydroxyl groups excluding tert-OH is 1. The van der Waals surface area contributed by atoms with Crippen LogP contribution in [0.1, 0.15) is 18.4 Å². The van der Waals surface area contributed by atoms with Gasteiger partial charge in [0.25, 0.3) is 0 Å². The molecular formula is C14H20ClNO2. The molecule has 1 aromatic rings. The van der Waals surface area contributed by atoms with E-state index in [1.807, 2.05) is 19.2 Å². The molecule has 0 unspecified atom stereocenters. The lowest BCUT2D eigenvalue weighted by atomic mass is 10.2. The summed E-state index contributed by atoms with van der Waals surface area (Å²) in [5, 5.41) is 9.70. The lowest BCUT2D eigenvalue weighted by Gasteiger charge is -2.21. The van der Waals surface area contributed by atoms with Crippen molar-refractivity contribution in [2.24, 2.45) is 5.92 Å². The van der Waals surface area contributed by atoms with Gasteiger partial charge in [0.1, 0.15) is 0 Å². The predicted molar refractivity (Wildman–Crippen MR) is 74.2 cm³/mol. The number of halogens is 1. The number of hydrogen-bond donors (Lipinski definition) is 1. The molecule has 1 aromatic carbocycles. The van der Waals surface area contributed by atoms with Gasteiger partial charge < -0.3 is 14.7 Å². The third-order valence-electron chi connectivity index (χ3n) is 3.23. The molecule has 18 heavy (non-hydrogen) atoms. The smallest absolute Gasteiger partial charge is 0.0682 e. The zero-order valence-corrected chi connectivity index (χ0v) is 11.5. The quantitative estimate of drug-likeness (QED) is 0.773. The van der Waals surface area contributed by atoms with Gasteiger partial charge in [-0.05, 0) is 36.5 Å². The average Bonchev–Trinajstić information content (AvgIpc) is 3.18. The second-order valence-corrected chi connectivity index (χ2v) is 5.29. The van der Waals surface area contributed by atoms with E-state index in [4.69, 9.17) is 21.4 Å². The van der Waals surface area contributed by atoms with E-state index in [1.54, 1.807) is 6.07 Å². The second kappa shape index (κ2) is 6.41. The molecule has 2 rings (SSSR count). The Kier molecular flexibility index (Phi) is 4.87. The van der Waals surface area contributed by atoms with Gasteiger partial charge in [0.05, 0.1) is 23.9 Å². The zero-order chi connectivity index (χ0) is 13.0. The highest BCUT2D eigenvalue weighted by molar-refractivity contribution is 6.33. The van der Waals surface area contributed by atoms with E-state index in [1.165, 1.54) is 12.8 Å². The molecule has 0 aromatic heterocycles. The van der Waals surface area contributed by atoms with Crippen molar-refractivity contribution in [1.29, 1.82) is 0 Å². The van der Waals surface area contributed by atoms with Gasteiger partial charge in [-0.1, -0.05) is 17.7 Å². The Morgan fingerprint density at radius 1 is 1.44 bits per heavy atom. The Balaban J connectivity index is 1.81. The first kappa shape index (κ1) is 13.7. The lowest BCUT2D eigenvalue weighted by Crippen LogP contribution is -2.23. The summed E-state index contributed by atoms with van der Waals surface area (Å²) in [5.74, 6) is 0.808. The van der Waals surface area contributed by atoms with Gasteiger partial charge in [-0.3, -0.25) is 0 Å². The molecule has 4 heteroatoms. The minimum atomic E-state index is 0.0220. The molecule has 0 bridgehead atoms. The summed E-state index contributed by atoms with van der Waals surface area (Å²) in [6.07, 6.45) is 2.65. The standard InChI is InChI=1S/C14H20ClNO2/c1-16(6-7-18-10-11-2-3-11)14-5-4-12(9-17)8-13(14)15/h4-5,8,11,17H,2-3,6-7,9-10H2,1H3. The fourth-order valence-corrected chi connectivity index (χ4v) is 2.16. The van der Waals surface area contributed by atoms with Gasteiger partial charge >= 0.3 is 0 Å². The van der Waals surface area contributed by atoms with Crippen molar-refractivity contribution >= 4 is 17.3 Å². The van der Waals surface area contributed by atoms with Crippen LogP contribution in [-0.4, -0.2) is 31.9 Å². The predicted octanol–water partition coefficient (Wildman–Crippen LogP) is 2.70. The first-order valence-corrected chi connectivity index (χ1v) is 6.76. The van der Waals surface area contributed by atoms with Crippen LogP contribution in [0.5, 0.6) is 0 Å². The fourth-order valence-electron chi connectivity index (χ4n) is 1.81. The summed E-state index contributed by atoms with van der Waals surface area (Å²) >= 11 is 6.18. The molecule has 0 radical (unpaired) electrons.